The van der Waals surface area contributed by atoms with Gasteiger partial charge in [-0.05, 0) is 48.0 Å². The summed E-state index contributed by atoms with van der Waals surface area (Å²) in [6.45, 7) is 0.837. The van der Waals surface area contributed by atoms with E-state index in [-0.39, 0.29) is 5.91 Å². The Balaban J connectivity index is 1.51. The van der Waals surface area contributed by atoms with Gasteiger partial charge in [0, 0.05) is 18.8 Å². The van der Waals surface area contributed by atoms with Gasteiger partial charge in [-0.3, -0.25) is 9.48 Å². The third-order valence-electron chi connectivity index (χ3n) is 3.88. The molecule has 26 heavy (non-hydrogen) atoms. The summed E-state index contributed by atoms with van der Waals surface area (Å²) in [5.74, 6) is 1.43. The Labute approximate surface area is 152 Å². The molecular formula is C20H21N3O3. The van der Waals surface area contributed by atoms with Crippen molar-refractivity contribution in [3.05, 3.63) is 77.6 Å². The standard InChI is InChI=1S/C20H21N3O3/c1-23-12-11-17(22-23)13-21-20(24)16-5-3-15(4-6-16)14-26-19-9-7-18(25-2)8-10-19/h3-12H,13-14H2,1-2H3,(H,21,24). The molecule has 1 N–H and O–H groups in total. The lowest BCUT2D eigenvalue weighted by Gasteiger charge is -2.08. The molecule has 1 aromatic heterocycles. The number of ether oxygens (including phenoxy) is 2. The molecule has 0 saturated heterocycles. The summed E-state index contributed by atoms with van der Waals surface area (Å²) in [6, 6.07) is 16.7. The first kappa shape index (κ1) is 17.5. The number of carbonyl (C=O) groups excluding carboxylic acids is 1. The summed E-state index contributed by atoms with van der Waals surface area (Å²) < 4.78 is 12.6. The van der Waals surface area contributed by atoms with Gasteiger partial charge in [0.1, 0.15) is 18.1 Å². The zero-order valence-electron chi connectivity index (χ0n) is 14.8. The molecule has 0 aliphatic rings. The normalized spacial score (nSPS) is 10.4. The second-order valence-corrected chi connectivity index (χ2v) is 5.82. The minimum Gasteiger partial charge on any atom is -0.497 e. The van der Waals surface area contributed by atoms with E-state index in [9.17, 15) is 4.79 Å². The lowest BCUT2D eigenvalue weighted by molar-refractivity contribution is 0.0950. The molecule has 3 rings (SSSR count). The molecule has 0 aliphatic heterocycles. The van der Waals surface area contributed by atoms with Gasteiger partial charge in [-0.25, -0.2) is 0 Å². The van der Waals surface area contributed by atoms with Crippen molar-refractivity contribution in [2.75, 3.05) is 7.11 Å². The number of hydrogen-bond donors (Lipinski definition) is 1. The van der Waals surface area contributed by atoms with Crippen molar-refractivity contribution in [3.63, 3.8) is 0 Å². The number of carbonyl (C=O) groups is 1. The van der Waals surface area contributed by atoms with Gasteiger partial charge < -0.3 is 14.8 Å². The van der Waals surface area contributed by atoms with Crippen LogP contribution in [-0.4, -0.2) is 22.8 Å². The molecule has 0 unspecified atom stereocenters. The molecule has 2 aromatic carbocycles. The molecule has 3 aromatic rings. The van der Waals surface area contributed by atoms with Crippen molar-refractivity contribution in [1.29, 1.82) is 0 Å². The smallest absolute Gasteiger partial charge is 0.251 e. The summed E-state index contributed by atoms with van der Waals surface area (Å²) in [4.78, 5) is 12.2. The van der Waals surface area contributed by atoms with Gasteiger partial charge in [-0.15, -0.1) is 0 Å². The predicted molar refractivity (Wildman–Crippen MR) is 98.1 cm³/mol. The summed E-state index contributed by atoms with van der Waals surface area (Å²) in [6.07, 6.45) is 1.85. The maximum Gasteiger partial charge on any atom is 0.251 e. The first-order valence-electron chi connectivity index (χ1n) is 8.26. The maximum absolute atomic E-state index is 12.2. The van der Waals surface area contributed by atoms with Crippen LogP contribution in [0.15, 0.2) is 60.8 Å². The van der Waals surface area contributed by atoms with Gasteiger partial charge in [0.15, 0.2) is 0 Å². The van der Waals surface area contributed by atoms with Crippen LogP contribution in [0.5, 0.6) is 11.5 Å². The lowest BCUT2D eigenvalue weighted by atomic mass is 10.1. The Morgan fingerprint density at radius 1 is 1.04 bits per heavy atom. The molecule has 0 radical (unpaired) electrons. The van der Waals surface area contributed by atoms with Crippen molar-refractivity contribution >= 4 is 5.91 Å². The first-order valence-corrected chi connectivity index (χ1v) is 8.26. The number of nitrogens with one attached hydrogen (secondary N) is 1. The number of aryl methyl sites for hydroxylation is 1. The maximum atomic E-state index is 12.2. The lowest BCUT2D eigenvalue weighted by Crippen LogP contribution is -2.23. The van der Waals surface area contributed by atoms with Crippen LogP contribution in [0.2, 0.25) is 0 Å². The van der Waals surface area contributed by atoms with Crippen molar-refractivity contribution in [2.45, 2.75) is 13.2 Å². The summed E-state index contributed by atoms with van der Waals surface area (Å²) in [5.41, 5.74) is 2.42. The largest absolute Gasteiger partial charge is 0.497 e. The second-order valence-electron chi connectivity index (χ2n) is 5.82. The highest BCUT2D eigenvalue weighted by Gasteiger charge is 2.06. The molecule has 6 heteroatoms. The number of aromatic nitrogens is 2. The molecule has 0 fully saturated rings. The van der Waals surface area contributed by atoms with Crippen LogP contribution in [0, 0.1) is 0 Å². The highest BCUT2D eigenvalue weighted by Crippen LogP contribution is 2.18. The van der Waals surface area contributed by atoms with Gasteiger partial charge in [0.25, 0.3) is 5.91 Å². The van der Waals surface area contributed by atoms with Crippen LogP contribution in [0.25, 0.3) is 0 Å². The first-order chi connectivity index (χ1) is 12.6. The molecule has 0 bridgehead atoms. The minimum absolute atomic E-state index is 0.127. The molecule has 0 atom stereocenters. The van der Waals surface area contributed by atoms with Gasteiger partial charge in [-0.1, -0.05) is 12.1 Å². The Hall–Kier alpha value is -3.28. The van der Waals surface area contributed by atoms with Crippen molar-refractivity contribution in [1.82, 2.24) is 15.1 Å². The van der Waals surface area contributed by atoms with E-state index in [1.54, 1.807) is 23.9 Å². The monoisotopic (exact) mass is 351 g/mol. The molecule has 0 saturated carbocycles. The van der Waals surface area contributed by atoms with E-state index in [4.69, 9.17) is 9.47 Å². The van der Waals surface area contributed by atoms with Gasteiger partial charge in [0.05, 0.1) is 19.3 Å². The number of nitrogens with zero attached hydrogens (tertiary/aromatic N) is 2. The highest BCUT2D eigenvalue weighted by atomic mass is 16.5. The fourth-order valence-corrected chi connectivity index (χ4v) is 2.42. The Morgan fingerprint density at radius 2 is 1.73 bits per heavy atom. The van der Waals surface area contributed by atoms with Gasteiger partial charge in [0.2, 0.25) is 0 Å². The zero-order chi connectivity index (χ0) is 18.4. The van der Waals surface area contributed by atoms with Crippen molar-refractivity contribution in [2.24, 2.45) is 7.05 Å². The number of amides is 1. The summed E-state index contributed by atoms with van der Waals surface area (Å²) >= 11 is 0. The zero-order valence-corrected chi connectivity index (χ0v) is 14.8. The van der Waals surface area contributed by atoms with E-state index in [2.05, 4.69) is 10.4 Å². The van der Waals surface area contributed by atoms with Gasteiger partial charge in [-0.2, -0.15) is 5.10 Å². The Bertz CT molecular complexity index is 855. The average Bonchev–Trinajstić information content (AvgIpc) is 3.10. The molecule has 0 spiro atoms. The fourth-order valence-electron chi connectivity index (χ4n) is 2.42. The third kappa shape index (κ3) is 4.63. The molecule has 6 nitrogen and oxygen atoms in total. The van der Waals surface area contributed by atoms with Gasteiger partial charge >= 0.3 is 0 Å². The van der Waals surface area contributed by atoms with Crippen LogP contribution in [0.1, 0.15) is 21.6 Å². The molecule has 0 aliphatic carbocycles. The van der Waals surface area contributed by atoms with E-state index in [1.165, 1.54) is 0 Å². The molecule has 134 valence electrons. The molecule has 1 amide bonds. The predicted octanol–water partition coefficient (Wildman–Crippen LogP) is 2.94. The van der Waals surface area contributed by atoms with E-state index in [0.717, 1.165) is 22.8 Å². The van der Waals surface area contributed by atoms with Crippen molar-refractivity contribution < 1.29 is 14.3 Å². The van der Waals surface area contributed by atoms with E-state index >= 15 is 0 Å². The van der Waals surface area contributed by atoms with E-state index in [1.807, 2.05) is 55.7 Å². The molecule has 1 heterocycles. The van der Waals surface area contributed by atoms with Crippen LogP contribution >= 0.6 is 0 Å². The van der Waals surface area contributed by atoms with Crippen molar-refractivity contribution in [3.8, 4) is 11.5 Å². The second kappa shape index (κ2) is 8.20. The number of hydrogen-bond acceptors (Lipinski definition) is 4. The summed E-state index contributed by atoms with van der Waals surface area (Å²) in [7, 11) is 3.47. The van der Waals surface area contributed by atoms with E-state index in [0.29, 0.717) is 18.7 Å². The van der Waals surface area contributed by atoms with Crippen LogP contribution in [-0.2, 0) is 20.2 Å². The Kier molecular flexibility index (Phi) is 5.53. The van der Waals surface area contributed by atoms with Crippen LogP contribution in [0.3, 0.4) is 0 Å². The fraction of sp³-hybridized carbons (Fsp3) is 0.200. The Morgan fingerprint density at radius 3 is 2.35 bits per heavy atom. The topological polar surface area (TPSA) is 65.4 Å². The summed E-state index contributed by atoms with van der Waals surface area (Å²) in [5, 5.41) is 7.09. The number of methoxy groups -OCH3 is 1. The minimum atomic E-state index is -0.127. The van der Waals surface area contributed by atoms with Crippen LogP contribution < -0.4 is 14.8 Å². The highest BCUT2D eigenvalue weighted by molar-refractivity contribution is 5.94. The quantitative estimate of drug-likeness (QED) is 0.711. The third-order valence-corrected chi connectivity index (χ3v) is 3.88. The molecular weight excluding hydrogens is 330 g/mol. The van der Waals surface area contributed by atoms with Crippen LogP contribution in [0.4, 0.5) is 0 Å². The average molecular weight is 351 g/mol. The SMILES string of the molecule is COc1ccc(OCc2ccc(C(=O)NCc3ccn(C)n3)cc2)cc1. The van der Waals surface area contributed by atoms with E-state index < -0.39 is 0 Å². The number of benzene rings is 2. The number of rotatable bonds is 7.